The first-order valence-electron chi connectivity index (χ1n) is 10.0. The van der Waals surface area contributed by atoms with E-state index in [1.54, 1.807) is 0 Å². The van der Waals surface area contributed by atoms with Gasteiger partial charge in [-0.3, -0.25) is 5.32 Å². The Labute approximate surface area is 162 Å². The first-order valence-corrected chi connectivity index (χ1v) is 10.0. The molecular weight excluding hydrogens is 336 g/mol. The van der Waals surface area contributed by atoms with Gasteiger partial charge in [0.25, 0.3) is 0 Å². The van der Waals surface area contributed by atoms with Crippen molar-refractivity contribution in [3.05, 3.63) is 59.7 Å². The van der Waals surface area contributed by atoms with Gasteiger partial charge in [0.2, 0.25) is 0 Å². The van der Waals surface area contributed by atoms with E-state index in [9.17, 15) is 4.79 Å². The quantitative estimate of drug-likeness (QED) is 0.603. The van der Waals surface area contributed by atoms with Crippen LogP contribution in [-0.2, 0) is 17.7 Å². The second-order valence-corrected chi connectivity index (χ2v) is 7.34. The number of ether oxygens (including phenoxy) is 1. The molecule has 4 nitrogen and oxygen atoms in total. The Hall–Kier alpha value is -2.49. The number of hydrogen-bond donors (Lipinski definition) is 1. The Balaban J connectivity index is 1.54. The highest BCUT2D eigenvalue weighted by Gasteiger charge is 2.20. The molecule has 0 aliphatic carbocycles. The van der Waals surface area contributed by atoms with Crippen molar-refractivity contribution in [2.75, 3.05) is 16.8 Å². The molecule has 1 atom stereocenters. The van der Waals surface area contributed by atoms with Gasteiger partial charge in [0.1, 0.15) is 6.10 Å². The van der Waals surface area contributed by atoms with Gasteiger partial charge in [-0.1, -0.05) is 50.1 Å². The Bertz CT molecular complexity index is 745. The van der Waals surface area contributed by atoms with E-state index in [2.05, 4.69) is 53.5 Å². The normalized spacial score (nSPS) is 13.9. The lowest BCUT2D eigenvalue weighted by molar-refractivity contribution is 0.114. The summed E-state index contributed by atoms with van der Waals surface area (Å²) < 4.78 is 5.46. The van der Waals surface area contributed by atoms with Crippen molar-refractivity contribution in [1.29, 1.82) is 0 Å². The molecule has 1 amide bonds. The Morgan fingerprint density at radius 3 is 2.78 bits per heavy atom. The van der Waals surface area contributed by atoms with Gasteiger partial charge in [-0.05, 0) is 55.5 Å². The predicted molar refractivity (Wildman–Crippen MR) is 111 cm³/mol. The van der Waals surface area contributed by atoms with Crippen molar-refractivity contribution >= 4 is 17.5 Å². The molecule has 144 valence electrons. The van der Waals surface area contributed by atoms with E-state index in [1.807, 2.05) is 19.1 Å². The number of nitrogens with zero attached hydrogens (tertiary/aromatic N) is 1. The summed E-state index contributed by atoms with van der Waals surface area (Å²) in [5.41, 5.74) is 4.65. The summed E-state index contributed by atoms with van der Waals surface area (Å²) in [5.74, 6) is 0. The lowest BCUT2D eigenvalue weighted by Gasteiger charge is -2.20. The van der Waals surface area contributed by atoms with E-state index in [0.717, 1.165) is 38.0 Å². The van der Waals surface area contributed by atoms with Gasteiger partial charge in [-0.25, -0.2) is 4.79 Å². The number of nitrogens with one attached hydrogen (secondary N) is 1. The molecule has 0 radical (unpaired) electrons. The minimum absolute atomic E-state index is 0.0488. The van der Waals surface area contributed by atoms with Crippen molar-refractivity contribution in [3.8, 4) is 0 Å². The molecule has 2 aromatic rings. The number of hydrogen-bond acceptors (Lipinski definition) is 3. The van der Waals surface area contributed by atoms with Crippen LogP contribution >= 0.6 is 0 Å². The van der Waals surface area contributed by atoms with Crippen LogP contribution in [0.5, 0.6) is 0 Å². The van der Waals surface area contributed by atoms with Gasteiger partial charge >= 0.3 is 6.09 Å². The van der Waals surface area contributed by atoms with Crippen molar-refractivity contribution in [3.63, 3.8) is 0 Å². The van der Waals surface area contributed by atoms with Crippen molar-refractivity contribution in [2.24, 2.45) is 0 Å². The third-order valence-corrected chi connectivity index (χ3v) is 5.06. The van der Waals surface area contributed by atoms with Crippen LogP contribution in [0, 0.1) is 0 Å². The SMILES string of the molecule is CCCCCC(C)OC(=O)Nc1ccc2c(c1)CCN2Cc1ccccc1. The van der Waals surface area contributed by atoms with E-state index in [1.165, 1.54) is 29.7 Å². The minimum atomic E-state index is -0.363. The molecule has 1 unspecified atom stereocenters. The molecule has 1 heterocycles. The Kier molecular flexibility index (Phi) is 6.74. The fraction of sp³-hybridized carbons (Fsp3) is 0.435. The van der Waals surface area contributed by atoms with Crippen LogP contribution in [0.2, 0.25) is 0 Å². The number of anilines is 2. The Morgan fingerprint density at radius 1 is 1.19 bits per heavy atom. The number of rotatable bonds is 8. The molecule has 0 bridgehead atoms. The zero-order valence-corrected chi connectivity index (χ0v) is 16.4. The van der Waals surface area contributed by atoms with Gasteiger partial charge < -0.3 is 9.64 Å². The van der Waals surface area contributed by atoms with Gasteiger partial charge in [0.15, 0.2) is 0 Å². The number of carbonyl (C=O) groups excluding carboxylic acids is 1. The van der Waals surface area contributed by atoms with E-state index >= 15 is 0 Å². The molecule has 1 aliphatic heterocycles. The van der Waals surface area contributed by atoms with E-state index in [0.29, 0.717) is 0 Å². The summed E-state index contributed by atoms with van der Waals surface area (Å²) in [7, 11) is 0. The third-order valence-electron chi connectivity index (χ3n) is 5.06. The summed E-state index contributed by atoms with van der Waals surface area (Å²) in [6, 6.07) is 16.7. The van der Waals surface area contributed by atoms with Gasteiger partial charge in [-0.2, -0.15) is 0 Å². The van der Waals surface area contributed by atoms with Crippen LogP contribution < -0.4 is 10.2 Å². The molecule has 0 spiro atoms. The predicted octanol–water partition coefficient (Wildman–Crippen LogP) is 5.77. The highest BCUT2D eigenvalue weighted by Crippen LogP contribution is 2.31. The topological polar surface area (TPSA) is 41.6 Å². The zero-order chi connectivity index (χ0) is 19.1. The molecule has 0 saturated heterocycles. The third kappa shape index (κ3) is 5.49. The van der Waals surface area contributed by atoms with Crippen molar-refractivity contribution in [1.82, 2.24) is 0 Å². The smallest absolute Gasteiger partial charge is 0.411 e. The monoisotopic (exact) mass is 366 g/mol. The van der Waals surface area contributed by atoms with Gasteiger partial charge in [0.05, 0.1) is 0 Å². The fourth-order valence-corrected chi connectivity index (χ4v) is 3.59. The van der Waals surface area contributed by atoms with E-state index in [4.69, 9.17) is 4.74 Å². The molecule has 2 aromatic carbocycles. The summed E-state index contributed by atoms with van der Waals surface area (Å²) in [6.07, 6.45) is 4.96. The van der Waals surface area contributed by atoms with Crippen LogP contribution in [-0.4, -0.2) is 18.7 Å². The van der Waals surface area contributed by atoms with Crippen LogP contribution in [0.1, 0.15) is 50.7 Å². The molecule has 0 saturated carbocycles. The fourth-order valence-electron chi connectivity index (χ4n) is 3.59. The van der Waals surface area contributed by atoms with Gasteiger partial charge in [0, 0.05) is 24.5 Å². The molecule has 0 fully saturated rings. The van der Waals surface area contributed by atoms with Crippen LogP contribution in [0.3, 0.4) is 0 Å². The summed E-state index contributed by atoms with van der Waals surface area (Å²) >= 11 is 0. The second kappa shape index (κ2) is 9.45. The van der Waals surface area contributed by atoms with Gasteiger partial charge in [-0.15, -0.1) is 0 Å². The number of benzene rings is 2. The highest BCUT2D eigenvalue weighted by molar-refractivity contribution is 5.85. The average Bonchev–Trinajstić information content (AvgIpc) is 3.04. The Morgan fingerprint density at radius 2 is 2.00 bits per heavy atom. The lowest BCUT2D eigenvalue weighted by atomic mass is 10.1. The van der Waals surface area contributed by atoms with Crippen LogP contribution in [0.15, 0.2) is 48.5 Å². The number of fused-ring (bicyclic) bond motifs is 1. The summed E-state index contributed by atoms with van der Waals surface area (Å²) in [4.78, 5) is 14.5. The maximum absolute atomic E-state index is 12.1. The largest absolute Gasteiger partial charge is 0.446 e. The maximum Gasteiger partial charge on any atom is 0.411 e. The molecule has 0 aromatic heterocycles. The number of amides is 1. The average molecular weight is 367 g/mol. The van der Waals surface area contributed by atoms with Crippen molar-refractivity contribution in [2.45, 2.75) is 58.6 Å². The lowest BCUT2D eigenvalue weighted by Crippen LogP contribution is -2.20. The van der Waals surface area contributed by atoms with Crippen molar-refractivity contribution < 1.29 is 9.53 Å². The molecule has 1 aliphatic rings. The highest BCUT2D eigenvalue weighted by atomic mass is 16.6. The number of unbranched alkanes of at least 4 members (excludes halogenated alkanes) is 2. The first kappa shape index (κ1) is 19.3. The molecule has 4 heteroatoms. The van der Waals surface area contributed by atoms with Crippen LogP contribution in [0.25, 0.3) is 0 Å². The van der Waals surface area contributed by atoms with Crippen LogP contribution in [0.4, 0.5) is 16.2 Å². The maximum atomic E-state index is 12.1. The molecular formula is C23H30N2O2. The minimum Gasteiger partial charge on any atom is -0.446 e. The zero-order valence-electron chi connectivity index (χ0n) is 16.4. The first-order chi connectivity index (χ1) is 13.2. The standard InChI is InChI=1S/C23H30N2O2/c1-3-4-6-9-18(2)27-23(26)24-21-12-13-22-20(16-21)14-15-25(22)17-19-10-7-5-8-11-19/h5,7-8,10-13,16,18H,3-4,6,9,14-15,17H2,1-2H3,(H,24,26). The van der Waals surface area contributed by atoms with E-state index < -0.39 is 0 Å². The summed E-state index contributed by atoms with van der Waals surface area (Å²) in [5, 5.41) is 2.88. The molecule has 27 heavy (non-hydrogen) atoms. The molecule has 1 N–H and O–H groups in total. The van der Waals surface area contributed by atoms with E-state index in [-0.39, 0.29) is 12.2 Å². The number of carbonyl (C=O) groups is 1. The summed E-state index contributed by atoms with van der Waals surface area (Å²) in [6.45, 7) is 6.05. The second-order valence-electron chi connectivity index (χ2n) is 7.34. The molecule has 3 rings (SSSR count).